The fourth-order valence-electron chi connectivity index (χ4n) is 2.95. The van der Waals surface area contributed by atoms with E-state index in [1.807, 2.05) is 6.20 Å². The van der Waals surface area contributed by atoms with Crippen molar-refractivity contribution in [3.8, 4) is 0 Å². The average molecular weight is 331 g/mol. The molecule has 1 fully saturated rings. The van der Waals surface area contributed by atoms with Gasteiger partial charge in [-0.05, 0) is 43.9 Å². The van der Waals surface area contributed by atoms with Crippen molar-refractivity contribution < 1.29 is 4.79 Å². The number of nitrogens with zero attached hydrogens (tertiary/aromatic N) is 4. The average Bonchev–Trinajstić information content (AvgIpc) is 3.09. The van der Waals surface area contributed by atoms with Gasteiger partial charge in [-0.1, -0.05) is 0 Å². The number of amides is 1. The van der Waals surface area contributed by atoms with E-state index in [0.717, 1.165) is 31.7 Å². The Labute approximate surface area is 140 Å². The van der Waals surface area contributed by atoms with Gasteiger partial charge in [0.25, 0.3) is 0 Å². The molecule has 1 N–H and O–H groups in total. The van der Waals surface area contributed by atoms with E-state index in [-0.39, 0.29) is 5.91 Å². The second kappa shape index (κ2) is 7.14. The molecule has 122 valence electrons. The number of nitrogens with one attached hydrogen (secondary N) is 1. The van der Waals surface area contributed by atoms with Gasteiger partial charge in [0, 0.05) is 31.1 Å². The summed E-state index contributed by atoms with van der Waals surface area (Å²) in [6.45, 7) is 6.61. The van der Waals surface area contributed by atoms with Crippen LogP contribution in [0.5, 0.6) is 0 Å². The van der Waals surface area contributed by atoms with Crippen molar-refractivity contribution in [1.82, 2.24) is 20.1 Å². The second-order valence-electron chi connectivity index (χ2n) is 6.13. The number of carbonyl (C=O) groups excluding carboxylic acids is 1. The number of anilines is 1. The lowest BCUT2D eigenvalue weighted by Gasteiger charge is -2.14. The zero-order valence-corrected chi connectivity index (χ0v) is 14.3. The summed E-state index contributed by atoms with van der Waals surface area (Å²) in [5, 5.41) is 11.7. The molecular weight excluding hydrogens is 310 g/mol. The van der Waals surface area contributed by atoms with E-state index < -0.39 is 0 Å². The van der Waals surface area contributed by atoms with Crippen molar-refractivity contribution in [2.75, 3.05) is 18.4 Å². The minimum Gasteiger partial charge on any atom is -0.302 e. The molecule has 23 heavy (non-hydrogen) atoms. The molecule has 2 aromatic heterocycles. The summed E-state index contributed by atoms with van der Waals surface area (Å²) in [6, 6.07) is 2.12. The van der Waals surface area contributed by atoms with Crippen LogP contribution in [0.15, 0.2) is 18.5 Å². The van der Waals surface area contributed by atoms with Crippen LogP contribution in [-0.4, -0.2) is 39.1 Å². The van der Waals surface area contributed by atoms with E-state index in [9.17, 15) is 4.79 Å². The van der Waals surface area contributed by atoms with Gasteiger partial charge in [0.05, 0.1) is 11.9 Å². The zero-order chi connectivity index (χ0) is 16.2. The predicted molar refractivity (Wildman–Crippen MR) is 90.3 cm³/mol. The summed E-state index contributed by atoms with van der Waals surface area (Å²) in [7, 11) is 0. The van der Waals surface area contributed by atoms with E-state index in [1.54, 1.807) is 17.5 Å². The molecule has 1 aliphatic rings. The molecule has 0 saturated carbocycles. The van der Waals surface area contributed by atoms with Crippen LogP contribution < -0.4 is 5.32 Å². The smallest absolute Gasteiger partial charge is 0.223 e. The van der Waals surface area contributed by atoms with Crippen molar-refractivity contribution in [2.24, 2.45) is 5.92 Å². The van der Waals surface area contributed by atoms with Crippen molar-refractivity contribution in [3.05, 3.63) is 34.6 Å². The van der Waals surface area contributed by atoms with Crippen LogP contribution in [0.3, 0.4) is 0 Å². The monoisotopic (exact) mass is 331 g/mol. The number of hydrogen-bond acceptors (Lipinski definition) is 6. The molecule has 3 heterocycles. The van der Waals surface area contributed by atoms with Crippen LogP contribution in [0.25, 0.3) is 0 Å². The van der Waals surface area contributed by atoms with Gasteiger partial charge in [0.2, 0.25) is 5.91 Å². The highest BCUT2D eigenvalue weighted by molar-refractivity contribution is 7.15. The largest absolute Gasteiger partial charge is 0.302 e. The molecule has 1 unspecified atom stereocenters. The Balaban J connectivity index is 1.51. The standard InChI is InChI=1S/C16H21N5OS/c1-11-5-14(20-18-7-11)6-13-3-4-21(9-13)10-15-8-17-16(23-15)19-12(2)22/h5,7-8,13H,3-4,6,9-10H2,1-2H3,(H,17,19,22). The third kappa shape index (κ3) is 4.56. The molecule has 1 atom stereocenters. The maximum Gasteiger partial charge on any atom is 0.223 e. The maximum atomic E-state index is 11.0. The Morgan fingerprint density at radius 1 is 1.48 bits per heavy atom. The lowest BCUT2D eigenvalue weighted by atomic mass is 10.0. The summed E-state index contributed by atoms with van der Waals surface area (Å²) >= 11 is 1.55. The van der Waals surface area contributed by atoms with Crippen molar-refractivity contribution in [3.63, 3.8) is 0 Å². The summed E-state index contributed by atoms with van der Waals surface area (Å²) in [4.78, 5) is 18.9. The van der Waals surface area contributed by atoms with Gasteiger partial charge in [-0.2, -0.15) is 10.2 Å². The first-order chi connectivity index (χ1) is 11.1. The van der Waals surface area contributed by atoms with Gasteiger partial charge in [-0.15, -0.1) is 11.3 Å². The summed E-state index contributed by atoms with van der Waals surface area (Å²) in [6.07, 6.45) is 5.83. The molecule has 6 nitrogen and oxygen atoms in total. The predicted octanol–water partition coefficient (Wildman–Crippen LogP) is 2.26. The van der Waals surface area contributed by atoms with E-state index >= 15 is 0 Å². The van der Waals surface area contributed by atoms with Crippen LogP contribution in [-0.2, 0) is 17.8 Å². The highest BCUT2D eigenvalue weighted by Gasteiger charge is 2.23. The van der Waals surface area contributed by atoms with Crippen LogP contribution in [0.2, 0.25) is 0 Å². The van der Waals surface area contributed by atoms with Crippen LogP contribution in [0.1, 0.15) is 29.5 Å². The van der Waals surface area contributed by atoms with Crippen LogP contribution >= 0.6 is 11.3 Å². The quantitative estimate of drug-likeness (QED) is 0.910. The fourth-order valence-corrected chi connectivity index (χ4v) is 3.85. The molecule has 0 aromatic carbocycles. The Bertz CT molecular complexity index is 687. The number of thiazole rings is 1. The molecule has 3 rings (SSSR count). The first-order valence-corrected chi connectivity index (χ1v) is 8.63. The molecular formula is C16H21N5OS. The number of likely N-dealkylation sites (tertiary alicyclic amines) is 1. The summed E-state index contributed by atoms with van der Waals surface area (Å²) in [5.41, 5.74) is 2.25. The fraction of sp³-hybridized carbons (Fsp3) is 0.500. The van der Waals surface area contributed by atoms with Gasteiger partial charge in [-0.3, -0.25) is 9.69 Å². The first kappa shape index (κ1) is 16.0. The molecule has 2 aromatic rings. The molecule has 0 aliphatic carbocycles. The van der Waals surface area contributed by atoms with Gasteiger partial charge in [0.1, 0.15) is 0 Å². The van der Waals surface area contributed by atoms with Gasteiger partial charge >= 0.3 is 0 Å². The highest BCUT2D eigenvalue weighted by Crippen LogP contribution is 2.25. The molecule has 0 radical (unpaired) electrons. The van der Waals surface area contributed by atoms with E-state index in [0.29, 0.717) is 11.0 Å². The first-order valence-electron chi connectivity index (χ1n) is 7.81. The number of carbonyl (C=O) groups is 1. The normalized spacial score (nSPS) is 18.3. The van der Waals surface area contributed by atoms with Crippen molar-refractivity contribution >= 4 is 22.4 Å². The van der Waals surface area contributed by atoms with E-state index in [1.165, 1.54) is 23.8 Å². The Morgan fingerprint density at radius 3 is 3.13 bits per heavy atom. The number of aromatic nitrogens is 3. The Morgan fingerprint density at radius 2 is 2.35 bits per heavy atom. The second-order valence-corrected chi connectivity index (χ2v) is 7.25. The molecule has 1 saturated heterocycles. The highest BCUT2D eigenvalue weighted by atomic mass is 32.1. The van der Waals surface area contributed by atoms with Gasteiger partial charge < -0.3 is 5.32 Å². The molecule has 1 amide bonds. The third-order valence-electron chi connectivity index (χ3n) is 3.93. The van der Waals surface area contributed by atoms with Gasteiger partial charge in [0.15, 0.2) is 5.13 Å². The zero-order valence-electron chi connectivity index (χ0n) is 13.5. The Hall–Kier alpha value is -1.86. The van der Waals surface area contributed by atoms with Gasteiger partial charge in [-0.25, -0.2) is 4.98 Å². The minimum absolute atomic E-state index is 0.0774. The summed E-state index contributed by atoms with van der Waals surface area (Å²) < 4.78 is 0. The lowest BCUT2D eigenvalue weighted by molar-refractivity contribution is -0.114. The molecule has 7 heteroatoms. The lowest BCUT2D eigenvalue weighted by Crippen LogP contribution is -2.20. The van der Waals surface area contributed by atoms with E-state index in [4.69, 9.17) is 0 Å². The topological polar surface area (TPSA) is 71.0 Å². The molecule has 0 bridgehead atoms. The molecule has 0 spiro atoms. The van der Waals surface area contributed by atoms with Crippen molar-refractivity contribution in [1.29, 1.82) is 0 Å². The number of rotatable bonds is 5. The minimum atomic E-state index is -0.0774. The summed E-state index contributed by atoms with van der Waals surface area (Å²) in [5.74, 6) is 0.556. The molecule has 1 aliphatic heterocycles. The number of hydrogen-bond donors (Lipinski definition) is 1. The van der Waals surface area contributed by atoms with Crippen LogP contribution in [0, 0.1) is 12.8 Å². The number of aryl methyl sites for hydroxylation is 1. The van der Waals surface area contributed by atoms with Crippen molar-refractivity contribution in [2.45, 2.75) is 33.2 Å². The third-order valence-corrected chi connectivity index (χ3v) is 4.82. The van der Waals surface area contributed by atoms with Crippen LogP contribution in [0.4, 0.5) is 5.13 Å². The maximum absolute atomic E-state index is 11.0. The van der Waals surface area contributed by atoms with E-state index in [2.05, 4.69) is 38.4 Å². The SMILES string of the molecule is CC(=O)Nc1ncc(CN2CCC(Cc3cc(C)cnn3)C2)s1. The Kier molecular flexibility index (Phi) is 4.97.